The van der Waals surface area contributed by atoms with E-state index < -0.39 is 27.6 Å². The predicted octanol–water partition coefficient (Wildman–Crippen LogP) is 2.43. The van der Waals surface area contributed by atoms with Gasteiger partial charge in [-0.3, -0.25) is 4.79 Å². The molecule has 2 heterocycles. The van der Waals surface area contributed by atoms with Crippen LogP contribution >= 0.6 is 39.3 Å². The number of carbonyl (C=O) groups excluding carboxylic acids is 1. The largest absolute Gasteiger partial charge is 0.313 e. The third-order valence-electron chi connectivity index (χ3n) is 3.57. The zero-order chi connectivity index (χ0) is 16.8. The molecule has 1 amide bonds. The van der Waals surface area contributed by atoms with Crippen LogP contribution in [0.4, 0.5) is 10.1 Å². The highest BCUT2D eigenvalue weighted by molar-refractivity contribution is 9.10. The number of aliphatic imine (C=N–C) groups is 1. The highest BCUT2D eigenvalue weighted by Gasteiger charge is 2.49. The molecule has 1 aromatic rings. The van der Waals surface area contributed by atoms with Gasteiger partial charge in [-0.2, -0.15) is 4.99 Å². The second-order valence-corrected chi connectivity index (χ2v) is 9.73. The number of halogens is 3. The number of alkyl halides is 1. The van der Waals surface area contributed by atoms with Crippen molar-refractivity contribution in [2.45, 2.75) is 11.3 Å². The second kappa shape index (κ2) is 6.34. The minimum absolute atomic E-state index is 0.00886. The van der Waals surface area contributed by atoms with Gasteiger partial charge in [0, 0.05) is 9.72 Å². The molecule has 2 saturated heterocycles. The monoisotopic (exact) mass is 440 g/mol. The Morgan fingerprint density at radius 1 is 1.48 bits per heavy atom. The van der Waals surface area contributed by atoms with Crippen LogP contribution in [0.2, 0.25) is 0 Å². The molecule has 2 aliphatic rings. The van der Waals surface area contributed by atoms with Crippen molar-refractivity contribution in [1.82, 2.24) is 0 Å². The second-order valence-electron chi connectivity index (χ2n) is 5.19. The molecule has 23 heavy (non-hydrogen) atoms. The smallest absolute Gasteiger partial charge is 0.262 e. The molecule has 0 spiro atoms. The van der Waals surface area contributed by atoms with E-state index in [0.29, 0.717) is 9.64 Å². The normalized spacial score (nSPS) is 27.4. The van der Waals surface area contributed by atoms with Gasteiger partial charge in [0.25, 0.3) is 5.91 Å². The molecular weight excluding hydrogens is 431 g/mol. The molecule has 2 aliphatic heterocycles. The minimum Gasteiger partial charge on any atom is -0.313 e. The van der Waals surface area contributed by atoms with Gasteiger partial charge in [0.15, 0.2) is 15.0 Å². The summed E-state index contributed by atoms with van der Waals surface area (Å²) in [5, 5.41) is 0.0201. The number of rotatable bonds is 2. The maximum absolute atomic E-state index is 14.3. The van der Waals surface area contributed by atoms with E-state index in [2.05, 4.69) is 20.9 Å². The molecule has 3 rings (SSSR count). The van der Waals surface area contributed by atoms with Crippen molar-refractivity contribution in [3.63, 3.8) is 0 Å². The number of carbonyl (C=O) groups is 1. The lowest BCUT2D eigenvalue weighted by Gasteiger charge is -2.25. The molecule has 1 aromatic carbocycles. The third-order valence-corrected chi connectivity index (χ3v) is 7.50. The molecule has 2 fully saturated rings. The highest BCUT2D eigenvalue weighted by Crippen LogP contribution is 2.42. The molecule has 0 aliphatic carbocycles. The Kier molecular flexibility index (Phi) is 4.74. The van der Waals surface area contributed by atoms with Gasteiger partial charge in [-0.1, -0.05) is 27.7 Å². The molecule has 5 nitrogen and oxygen atoms in total. The van der Waals surface area contributed by atoms with Gasteiger partial charge in [0.05, 0.1) is 23.2 Å². The summed E-state index contributed by atoms with van der Waals surface area (Å²) in [6.45, 7) is 0. The van der Waals surface area contributed by atoms with Gasteiger partial charge in [0.2, 0.25) is 0 Å². The zero-order valence-corrected chi connectivity index (χ0v) is 15.6. The van der Waals surface area contributed by atoms with Crippen molar-refractivity contribution >= 4 is 65.9 Å². The quantitative estimate of drug-likeness (QED) is 0.660. The van der Waals surface area contributed by atoms with E-state index >= 15 is 0 Å². The summed E-state index contributed by atoms with van der Waals surface area (Å²) in [5.41, 5.74) is 0.200. The summed E-state index contributed by atoms with van der Waals surface area (Å²) < 4.78 is 38.7. The van der Waals surface area contributed by atoms with Crippen LogP contribution in [0.25, 0.3) is 0 Å². The molecule has 0 unspecified atom stereocenters. The van der Waals surface area contributed by atoms with Crippen molar-refractivity contribution in [2.24, 2.45) is 4.99 Å². The van der Waals surface area contributed by atoms with Crippen LogP contribution in [-0.2, 0) is 14.6 Å². The van der Waals surface area contributed by atoms with Gasteiger partial charge in [-0.05, 0) is 18.2 Å². The molecule has 124 valence electrons. The molecule has 0 bridgehead atoms. The van der Waals surface area contributed by atoms with Crippen molar-refractivity contribution < 1.29 is 17.6 Å². The number of hydrogen-bond acceptors (Lipinski definition) is 4. The molecule has 0 radical (unpaired) electrons. The van der Waals surface area contributed by atoms with E-state index in [1.165, 1.54) is 28.8 Å². The predicted molar refractivity (Wildman–Crippen MR) is 93.6 cm³/mol. The first-order valence-corrected chi connectivity index (χ1v) is 10.6. The van der Waals surface area contributed by atoms with E-state index in [0.717, 1.165) is 0 Å². The number of sulfone groups is 1. The summed E-state index contributed by atoms with van der Waals surface area (Å²) in [6.07, 6.45) is 0. The lowest BCUT2D eigenvalue weighted by atomic mass is 10.2. The summed E-state index contributed by atoms with van der Waals surface area (Å²) in [7, 11) is -3.19. The first-order valence-electron chi connectivity index (χ1n) is 6.59. The number of hydrogen-bond donors (Lipinski definition) is 0. The fourth-order valence-corrected chi connectivity index (χ4v) is 6.98. The summed E-state index contributed by atoms with van der Waals surface area (Å²) in [5.74, 6) is -1.44. The molecular formula is C13H11BrClFN2O3S2. The van der Waals surface area contributed by atoms with Gasteiger partial charge >= 0.3 is 0 Å². The molecule has 0 aromatic heterocycles. The third kappa shape index (κ3) is 3.42. The van der Waals surface area contributed by atoms with Crippen LogP contribution in [0.5, 0.6) is 0 Å². The lowest BCUT2D eigenvalue weighted by molar-refractivity contribution is -0.115. The molecule has 10 heteroatoms. The minimum atomic E-state index is -3.19. The fraction of sp³-hybridized carbons (Fsp3) is 0.385. The highest BCUT2D eigenvalue weighted by atomic mass is 79.9. The van der Waals surface area contributed by atoms with Crippen LogP contribution in [0.1, 0.15) is 0 Å². The Morgan fingerprint density at radius 2 is 2.22 bits per heavy atom. The number of anilines is 1. The molecule has 2 atom stereocenters. The van der Waals surface area contributed by atoms with Gasteiger partial charge in [-0.25, -0.2) is 12.8 Å². The van der Waals surface area contributed by atoms with E-state index in [1.807, 2.05) is 0 Å². The Balaban J connectivity index is 2.06. The Labute approximate surface area is 150 Å². The van der Waals surface area contributed by atoms with Crippen LogP contribution in [0.15, 0.2) is 27.7 Å². The van der Waals surface area contributed by atoms with Crippen LogP contribution in [-0.4, -0.2) is 48.2 Å². The summed E-state index contributed by atoms with van der Waals surface area (Å²) in [6, 6.07) is 4.04. The number of thioether (sulfide) groups is 1. The maximum atomic E-state index is 14.3. The first kappa shape index (κ1) is 17.2. The number of amidine groups is 1. The number of nitrogens with zero attached hydrogens (tertiary/aromatic N) is 2. The lowest BCUT2D eigenvalue weighted by Crippen LogP contribution is -2.38. The Hall–Kier alpha value is -0.640. The van der Waals surface area contributed by atoms with Gasteiger partial charge in [-0.15, -0.1) is 11.6 Å². The fourth-order valence-electron chi connectivity index (χ4n) is 2.66. The standard InChI is InChI=1S/C13H11BrClFN2O3S2/c14-7-1-2-9(8(16)3-7)18-10-5-23(20,21)6-11(10)22-13(18)17-12(19)4-15/h1-3,10-11H,4-6H2/t10-,11-/m1/s1. The average Bonchev–Trinajstić information content (AvgIpc) is 2.91. The van der Waals surface area contributed by atoms with E-state index in [4.69, 9.17) is 11.6 Å². The summed E-state index contributed by atoms with van der Waals surface area (Å²) >= 11 is 9.85. The number of amides is 1. The zero-order valence-electron chi connectivity index (χ0n) is 11.6. The first-order chi connectivity index (χ1) is 10.8. The van der Waals surface area contributed by atoms with Crippen LogP contribution in [0, 0.1) is 5.82 Å². The Bertz CT molecular complexity index is 802. The number of fused-ring (bicyclic) bond motifs is 1. The van der Waals surface area contributed by atoms with Crippen molar-refractivity contribution in [3.05, 3.63) is 28.5 Å². The van der Waals surface area contributed by atoms with Crippen molar-refractivity contribution in [3.8, 4) is 0 Å². The van der Waals surface area contributed by atoms with E-state index in [9.17, 15) is 17.6 Å². The van der Waals surface area contributed by atoms with E-state index in [1.54, 1.807) is 6.07 Å². The topological polar surface area (TPSA) is 66.8 Å². The number of benzene rings is 1. The maximum Gasteiger partial charge on any atom is 0.262 e. The Morgan fingerprint density at radius 3 is 2.87 bits per heavy atom. The van der Waals surface area contributed by atoms with Crippen LogP contribution in [0.3, 0.4) is 0 Å². The van der Waals surface area contributed by atoms with Crippen molar-refractivity contribution in [2.75, 3.05) is 22.3 Å². The SMILES string of the molecule is O=C(CCl)N=C1S[C@@H]2CS(=O)(=O)C[C@H]2N1c1ccc(Br)cc1F. The van der Waals surface area contributed by atoms with Gasteiger partial charge < -0.3 is 4.90 Å². The average molecular weight is 442 g/mol. The van der Waals surface area contributed by atoms with Crippen molar-refractivity contribution in [1.29, 1.82) is 0 Å². The summed E-state index contributed by atoms with van der Waals surface area (Å²) in [4.78, 5) is 17.0. The van der Waals surface area contributed by atoms with E-state index in [-0.39, 0.29) is 28.3 Å². The van der Waals surface area contributed by atoms with Crippen LogP contribution < -0.4 is 4.90 Å². The molecule has 0 saturated carbocycles. The van der Waals surface area contributed by atoms with Gasteiger partial charge in [0.1, 0.15) is 11.7 Å². The molecule has 0 N–H and O–H groups in total.